The fourth-order valence-electron chi connectivity index (χ4n) is 3.23. The molecule has 1 saturated heterocycles. The van der Waals surface area contributed by atoms with Gasteiger partial charge in [0.2, 0.25) is 5.91 Å². The highest BCUT2D eigenvalue weighted by atomic mass is 16.2. The number of benzene rings is 1. The predicted octanol–water partition coefficient (Wildman–Crippen LogP) is 2.27. The van der Waals surface area contributed by atoms with Crippen molar-refractivity contribution in [3.63, 3.8) is 0 Å². The maximum atomic E-state index is 12.3. The molecule has 0 spiro atoms. The first-order valence-electron chi connectivity index (χ1n) is 9.30. The van der Waals surface area contributed by atoms with E-state index >= 15 is 0 Å². The highest BCUT2D eigenvalue weighted by molar-refractivity contribution is 5.93. The molecule has 1 aromatic carbocycles. The predicted molar refractivity (Wildman–Crippen MR) is 98.3 cm³/mol. The maximum absolute atomic E-state index is 12.3. The van der Waals surface area contributed by atoms with Gasteiger partial charge in [-0.15, -0.1) is 0 Å². The van der Waals surface area contributed by atoms with Gasteiger partial charge in [0.1, 0.15) is 0 Å². The number of urea groups is 1. The molecule has 136 valence electrons. The number of piperazine rings is 1. The first kappa shape index (κ1) is 17.7. The van der Waals surface area contributed by atoms with Crippen LogP contribution < -0.4 is 10.6 Å². The van der Waals surface area contributed by atoms with Gasteiger partial charge in [-0.3, -0.25) is 4.79 Å². The lowest BCUT2D eigenvalue weighted by Crippen LogP contribution is -2.51. The first-order chi connectivity index (χ1) is 12.2. The standard InChI is InChI=1S/C19H28N4O2/c1-2-22-9-11-23(12-10-22)19(25)20-14-15-5-3-8-17(13-15)21-18(24)16-6-4-7-16/h3,5,8,13,16H,2,4,6-7,9-12,14H2,1H3,(H,20,25)(H,21,24). The van der Waals surface area contributed by atoms with Gasteiger partial charge >= 0.3 is 6.03 Å². The zero-order chi connectivity index (χ0) is 17.6. The van der Waals surface area contributed by atoms with Crippen molar-refractivity contribution in [2.24, 2.45) is 5.92 Å². The van der Waals surface area contributed by atoms with Gasteiger partial charge in [-0.05, 0) is 37.1 Å². The third kappa shape index (κ3) is 4.72. The monoisotopic (exact) mass is 344 g/mol. The second-order valence-corrected chi connectivity index (χ2v) is 6.90. The molecule has 6 heteroatoms. The lowest BCUT2D eigenvalue weighted by Gasteiger charge is -2.34. The Bertz CT molecular complexity index is 607. The van der Waals surface area contributed by atoms with Crippen molar-refractivity contribution in [1.82, 2.24) is 15.1 Å². The summed E-state index contributed by atoms with van der Waals surface area (Å²) < 4.78 is 0. The second kappa shape index (κ2) is 8.34. The Hall–Kier alpha value is -2.08. The molecule has 6 nitrogen and oxygen atoms in total. The van der Waals surface area contributed by atoms with Gasteiger partial charge < -0.3 is 20.4 Å². The SMILES string of the molecule is CCN1CCN(C(=O)NCc2cccc(NC(=O)C3CCC3)c2)CC1. The average molecular weight is 344 g/mol. The first-order valence-corrected chi connectivity index (χ1v) is 9.30. The molecule has 1 aliphatic carbocycles. The van der Waals surface area contributed by atoms with E-state index in [1.165, 1.54) is 0 Å². The number of carbonyl (C=O) groups excluding carboxylic acids is 2. The maximum Gasteiger partial charge on any atom is 0.317 e. The van der Waals surface area contributed by atoms with Crippen molar-refractivity contribution in [3.05, 3.63) is 29.8 Å². The van der Waals surface area contributed by atoms with E-state index in [9.17, 15) is 9.59 Å². The van der Waals surface area contributed by atoms with E-state index in [4.69, 9.17) is 0 Å². The number of amides is 3. The fraction of sp³-hybridized carbons (Fsp3) is 0.579. The van der Waals surface area contributed by atoms with Crippen molar-refractivity contribution in [2.75, 3.05) is 38.0 Å². The number of nitrogens with one attached hydrogen (secondary N) is 2. The number of hydrogen-bond donors (Lipinski definition) is 2. The van der Waals surface area contributed by atoms with E-state index in [-0.39, 0.29) is 17.9 Å². The van der Waals surface area contributed by atoms with Crippen LogP contribution in [0.2, 0.25) is 0 Å². The second-order valence-electron chi connectivity index (χ2n) is 6.90. The minimum atomic E-state index is -0.0142. The number of likely N-dealkylation sites (N-methyl/N-ethyl adjacent to an activating group) is 1. The van der Waals surface area contributed by atoms with E-state index in [0.29, 0.717) is 6.54 Å². The summed E-state index contributed by atoms with van der Waals surface area (Å²) in [5.74, 6) is 0.284. The summed E-state index contributed by atoms with van der Waals surface area (Å²) in [5, 5.41) is 5.96. The molecule has 2 N–H and O–H groups in total. The van der Waals surface area contributed by atoms with Crippen LogP contribution in [-0.4, -0.2) is 54.5 Å². The van der Waals surface area contributed by atoms with E-state index in [1.54, 1.807) is 0 Å². The summed E-state index contributed by atoms with van der Waals surface area (Å²) in [6.45, 7) is 7.08. The van der Waals surface area contributed by atoms with Gasteiger partial charge in [0, 0.05) is 44.3 Å². The molecule has 0 aromatic heterocycles. The molecule has 0 radical (unpaired) electrons. The molecule has 1 saturated carbocycles. The van der Waals surface area contributed by atoms with Crippen LogP contribution in [0.4, 0.5) is 10.5 Å². The average Bonchev–Trinajstić information content (AvgIpc) is 2.58. The van der Waals surface area contributed by atoms with Crippen LogP contribution in [0, 0.1) is 5.92 Å². The third-order valence-corrected chi connectivity index (χ3v) is 5.22. The Morgan fingerprint density at radius 2 is 1.92 bits per heavy atom. The lowest BCUT2D eigenvalue weighted by atomic mass is 9.85. The molecule has 0 atom stereocenters. The molecule has 3 rings (SSSR count). The quantitative estimate of drug-likeness (QED) is 0.861. The number of nitrogens with zero attached hydrogens (tertiary/aromatic N) is 2. The van der Waals surface area contributed by atoms with Gasteiger partial charge in [0.05, 0.1) is 0 Å². The molecule has 2 aliphatic rings. The van der Waals surface area contributed by atoms with E-state index in [2.05, 4.69) is 22.5 Å². The number of rotatable bonds is 5. The van der Waals surface area contributed by atoms with Crippen molar-refractivity contribution >= 4 is 17.6 Å². The zero-order valence-corrected chi connectivity index (χ0v) is 15.0. The Kier molecular flexibility index (Phi) is 5.91. The van der Waals surface area contributed by atoms with Crippen molar-refractivity contribution < 1.29 is 9.59 Å². The molecule has 2 fully saturated rings. The molecule has 25 heavy (non-hydrogen) atoms. The Balaban J connectivity index is 1.47. The van der Waals surface area contributed by atoms with Gasteiger partial charge in [-0.1, -0.05) is 25.5 Å². The van der Waals surface area contributed by atoms with Gasteiger partial charge in [-0.25, -0.2) is 4.79 Å². The van der Waals surface area contributed by atoms with Crippen molar-refractivity contribution in [1.29, 1.82) is 0 Å². The van der Waals surface area contributed by atoms with E-state index < -0.39 is 0 Å². The molecular formula is C19H28N4O2. The van der Waals surface area contributed by atoms with Crippen LogP contribution in [0.1, 0.15) is 31.7 Å². The van der Waals surface area contributed by atoms with Gasteiger partial charge in [0.25, 0.3) is 0 Å². The van der Waals surface area contributed by atoms with Crippen molar-refractivity contribution in [3.8, 4) is 0 Å². The molecule has 1 aliphatic heterocycles. The molecule has 0 unspecified atom stereocenters. The van der Waals surface area contributed by atoms with Crippen LogP contribution in [0.25, 0.3) is 0 Å². The molecule has 0 bridgehead atoms. The molecule has 1 aromatic rings. The Morgan fingerprint density at radius 1 is 1.16 bits per heavy atom. The summed E-state index contributed by atoms with van der Waals surface area (Å²) in [6, 6.07) is 7.70. The van der Waals surface area contributed by atoms with Crippen LogP contribution >= 0.6 is 0 Å². The minimum absolute atomic E-state index is 0.0142. The Labute approximate surface area is 149 Å². The highest BCUT2D eigenvalue weighted by Crippen LogP contribution is 2.27. The summed E-state index contributed by atoms with van der Waals surface area (Å²) in [4.78, 5) is 28.5. The minimum Gasteiger partial charge on any atom is -0.334 e. The third-order valence-electron chi connectivity index (χ3n) is 5.22. The molecule has 1 heterocycles. The van der Waals surface area contributed by atoms with Crippen LogP contribution in [0.5, 0.6) is 0 Å². The smallest absolute Gasteiger partial charge is 0.317 e. The topological polar surface area (TPSA) is 64.7 Å². The molecule has 3 amide bonds. The summed E-state index contributed by atoms with van der Waals surface area (Å²) in [7, 11) is 0. The Morgan fingerprint density at radius 3 is 2.56 bits per heavy atom. The van der Waals surface area contributed by atoms with Crippen LogP contribution in [0.3, 0.4) is 0 Å². The summed E-state index contributed by atoms with van der Waals surface area (Å²) >= 11 is 0. The lowest BCUT2D eigenvalue weighted by molar-refractivity contribution is -0.122. The van der Waals surface area contributed by atoms with Gasteiger partial charge in [0.15, 0.2) is 0 Å². The number of carbonyl (C=O) groups is 2. The largest absolute Gasteiger partial charge is 0.334 e. The summed E-state index contributed by atoms with van der Waals surface area (Å²) in [5.41, 5.74) is 1.80. The van der Waals surface area contributed by atoms with E-state index in [1.807, 2.05) is 29.2 Å². The van der Waals surface area contributed by atoms with Crippen LogP contribution in [0.15, 0.2) is 24.3 Å². The summed E-state index contributed by atoms with van der Waals surface area (Å²) in [6.07, 6.45) is 3.14. The van der Waals surface area contributed by atoms with E-state index in [0.717, 1.165) is 63.2 Å². The van der Waals surface area contributed by atoms with Gasteiger partial charge in [-0.2, -0.15) is 0 Å². The van der Waals surface area contributed by atoms with Crippen LogP contribution in [-0.2, 0) is 11.3 Å². The number of hydrogen-bond acceptors (Lipinski definition) is 3. The number of anilines is 1. The molecular weight excluding hydrogens is 316 g/mol. The normalized spacial score (nSPS) is 18.5. The van der Waals surface area contributed by atoms with Crippen molar-refractivity contribution in [2.45, 2.75) is 32.7 Å². The highest BCUT2D eigenvalue weighted by Gasteiger charge is 2.25. The zero-order valence-electron chi connectivity index (χ0n) is 15.0. The fourth-order valence-corrected chi connectivity index (χ4v) is 3.23.